The fourth-order valence-electron chi connectivity index (χ4n) is 4.74. The number of anilines is 2. The van der Waals surface area contributed by atoms with Crippen LogP contribution in [0.25, 0.3) is 0 Å². The van der Waals surface area contributed by atoms with Crippen molar-refractivity contribution in [2.75, 3.05) is 23.9 Å². The van der Waals surface area contributed by atoms with Crippen molar-refractivity contribution < 1.29 is 4.79 Å². The van der Waals surface area contributed by atoms with Gasteiger partial charge in [-0.2, -0.15) is 0 Å². The minimum atomic E-state index is 0.147. The maximum Gasteiger partial charge on any atom is 0.140 e. The maximum atomic E-state index is 12.9. The molecule has 0 aromatic heterocycles. The summed E-state index contributed by atoms with van der Waals surface area (Å²) in [6, 6.07) is 19.9. The summed E-state index contributed by atoms with van der Waals surface area (Å²) >= 11 is 0. The number of nitrogens with zero attached hydrogens (tertiary/aromatic N) is 2. The van der Waals surface area contributed by atoms with Crippen LogP contribution in [0.5, 0.6) is 0 Å². The Hall–Kier alpha value is -2.29. The van der Waals surface area contributed by atoms with E-state index in [2.05, 4.69) is 72.4 Å². The van der Waals surface area contributed by atoms with Crippen LogP contribution in [-0.2, 0) is 4.79 Å². The van der Waals surface area contributed by atoms with Crippen molar-refractivity contribution in [1.29, 1.82) is 0 Å². The summed E-state index contributed by atoms with van der Waals surface area (Å²) in [6.07, 6.45) is 5.21. The number of carbonyl (C=O) groups is 1. The number of hydrogen-bond donors (Lipinski definition) is 0. The molecule has 26 heavy (non-hydrogen) atoms. The monoisotopic (exact) mass is 348 g/mol. The van der Waals surface area contributed by atoms with Gasteiger partial charge in [0.1, 0.15) is 5.78 Å². The Labute approximate surface area is 156 Å². The summed E-state index contributed by atoms with van der Waals surface area (Å²) in [7, 11) is 4.14. The lowest BCUT2D eigenvalue weighted by atomic mass is 9.74. The molecule has 4 rings (SSSR count). The zero-order valence-corrected chi connectivity index (χ0v) is 15.8. The molecule has 0 unspecified atom stereocenters. The zero-order chi connectivity index (χ0) is 18.1. The smallest absolute Gasteiger partial charge is 0.140 e. The van der Waals surface area contributed by atoms with Crippen molar-refractivity contribution >= 4 is 17.2 Å². The van der Waals surface area contributed by atoms with E-state index in [0.717, 1.165) is 12.8 Å². The lowest BCUT2D eigenvalue weighted by Crippen LogP contribution is -2.52. The van der Waals surface area contributed by atoms with Crippen molar-refractivity contribution in [1.82, 2.24) is 0 Å². The molecular formula is C23H28N2O. The van der Waals surface area contributed by atoms with Crippen molar-refractivity contribution in [3.05, 3.63) is 60.2 Å². The van der Waals surface area contributed by atoms with E-state index in [4.69, 9.17) is 0 Å². The van der Waals surface area contributed by atoms with E-state index in [1.807, 2.05) is 6.07 Å². The van der Waals surface area contributed by atoms with E-state index < -0.39 is 0 Å². The van der Waals surface area contributed by atoms with Gasteiger partial charge in [-0.3, -0.25) is 4.79 Å². The molecule has 1 saturated carbocycles. The Morgan fingerprint density at radius 2 is 1.62 bits per heavy atom. The van der Waals surface area contributed by atoms with Gasteiger partial charge in [0.05, 0.1) is 6.04 Å². The molecule has 0 bridgehead atoms. The molecule has 2 fully saturated rings. The average Bonchev–Trinajstić information content (AvgIpc) is 2.69. The van der Waals surface area contributed by atoms with E-state index >= 15 is 0 Å². The molecule has 136 valence electrons. The Morgan fingerprint density at radius 3 is 2.31 bits per heavy atom. The van der Waals surface area contributed by atoms with Crippen molar-refractivity contribution in [3.63, 3.8) is 0 Å². The highest BCUT2D eigenvalue weighted by Gasteiger charge is 2.43. The van der Waals surface area contributed by atoms with Gasteiger partial charge in [-0.25, -0.2) is 0 Å². The number of benzene rings is 2. The standard InChI is InChI=1S/C23H28N2O/c1-24(2)18-12-14-19(15-13-18)25-21-11-7-6-10-20(21)23(26)16-22(25)17-8-4-3-5-9-17/h3-5,8-9,12-15,20-22H,6-7,10-11,16H2,1-2H3/t20-,21+,22+/m1/s1. The number of piperidine rings is 1. The lowest BCUT2D eigenvalue weighted by Gasteiger charge is -2.49. The Balaban J connectivity index is 1.75. The Kier molecular flexibility index (Phi) is 4.71. The average molecular weight is 348 g/mol. The highest BCUT2D eigenvalue weighted by molar-refractivity contribution is 5.85. The van der Waals surface area contributed by atoms with Gasteiger partial charge in [0.25, 0.3) is 0 Å². The molecule has 1 saturated heterocycles. The largest absolute Gasteiger partial charge is 0.378 e. The van der Waals surface area contributed by atoms with Gasteiger partial charge >= 0.3 is 0 Å². The molecule has 3 atom stereocenters. The number of carbonyl (C=O) groups excluding carboxylic acids is 1. The summed E-state index contributed by atoms with van der Waals surface area (Å²) < 4.78 is 0. The molecule has 2 aromatic carbocycles. The van der Waals surface area contributed by atoms with Crippen LogP contribution in [0.15, 0.2) is 54.6 Å². The van der Waals surface area contributed by atoms with Crippen LogP contribution in [0.2, 0.25) is 0 Å². The van der Waals surface area contributed by atoms with Crippen molar-refractivity contribution in [3.8, 4) is 0 Å². The normalized spacial score (nSPS) is 25.7. The third-order valence-electron chi connectivity index (χ3n) is 6.08. The summed E-state index contributed by atoms with van der Waals surface area (Å²) in [5.74, 6) is 0.668. The molecule has 0 N–H and O–H groups in total. The SMILES string of the molecule is CN(C)c1ccc(N2[C@H](c3ccccc3)CC(=O)[C@@H]3CCCC[C@@H]32)cc1. The van der Waals surface area contributed by atoms with Gasteiger partial charge in [-0.05, 0) is 42.7 Å². The quantitative estimate of drug-likeness (QED) is 0.793. The molecule has 0 radical (unpaired) electrons. The minimum absolute atomic E-state index is 0.147. The van der Waals surface area contributed by atoms with E-state index in [0.29, 0.717) is 18.2 Å². The zero-order valence-electron chi connectivity index (χ0n) is 15.8. The molecule has 3 heteroatoms. The summed E-state index contributed by atoms with van der Waals surface area (Å²) in [5.41, 5.74) is 3.70. The fraction of sp³-hybridized carbons (Fsp3) is 0.435. The first-order valence-corrected chi connectivity index (χ1v) is 9.78. The lowest BCUT2D eigenvalue weighted by molar-refractivity contribution is -0.126. The predicted octanol–water partition coefficient (Wildman–Crippen LogP) is 4.83. The molecule has 1 aliphatic carbocycles. The van der Waals surface area contributed by atoms with E-state index in [9.17, 15) is 4.79 Å². The van der Waals surface area contributed by atoms with Crippen LogP contribution in [0.3, 0.4) is 0 Å². The van der Waals surface area contributed by atoms with E-state index in [-0.39, 0.29) is 12.0 Å². The van der Waals surface area contributed by atoms with Crippen LogP contribution >= 0.6 is 0 Å². The molecule has 1 aliphatic heterocycles. The van der Waals surface area contributed by atoms with Gasteiger partial charge in [0.2, 0.25) is 0 Å². The predicted molar refractivity (Wildman–Crippen MR) is 108 cm³/mol. The van der Waals surface area contributed by atoms with Crippen LogP contribution in [0.4, 0.5) is 11.4 Å². The minimum Gasteiger partial charge on any atom is -0.378 e. The Bertz CT molecular complexity index is 754. The summed E-state index contributed by atoms with van der Waals surface area (Å²) in [6.45, 7) is 0. The maximum absolute atomic E-state index is 12.9. The highest BCUT2D eigenvalue weighted by atomic mass is 16.1. The summed E-state index contributed by atoms with van der Waals surface area (Å²) in [5, 5.41) is 0. The van der Waals surface area contributed by atoms with Gasteiger partial charge in [-0.15, -0.1) is 0 Å². The first-order valence-electron chi connectivity index (χ1n) is 9.78. The topological polar surface area (TPSA) is 23.6 Å². The first kappa shape index (κ1) is 17.1. The highest BCUT2D eigenvalue weighted by Crippen LogP contribution is 2.44. The van der Waals surface area contributed by atoms with Gasteiger partial charge < -0.3 is 9.80 Å². The molecule has 2 aliphatic rings. The Morgan fingerprint density at radius 1 is 0.923 bits per heavy atom. The number of Topliss-reactive ketones (excluding diaryl/α,β-unsaturated/α-hetero) is 1. The van der Waals surface area contributed by atoms with Gasteiger partial charge in [-0.1, -0.05) is 43.2 Å². The second kappa shape index (κ2) is 7.14. The third kappa shape index (κ3) is 3.11. The molecule has 0 amide bonds. The van der Waals surface area contributed by atoms with Gasteiger partial charge in [0.15, 0.2) is 0 Å². The molecule has 2 aromatic rings. The second-order valence-corrected chi connectivity index (χ2v) is 7.87. The van der Waals surface area contributed by atoms with Crippen molar-refractivity contribution in [2.45, 2.75) is 44.2 Å². The number of hydrogen-bond acceptors (Lipinski definition) is 3. The fourth-order valence-corrected chi connectivity index (χ4v) is 4.74. The first-order chi connectivity index (χ1) is 12.6. The molecular weight excluding hydrogens is 320 g/mol. The van der Waals surface area contributed by atoms with E-state index in [1.54, 1.807) is 0 Å². The number of ketones is 1. The van der Waals surface area contributed by atoms with Crippen LogP contribution in [-0.4, -0.2) is 25.9 Å². The molecule has 3 nitrogen and oxygen atoms in total. The third-order valence-corrected chi connectivity index (χ3v) is 6.08. The van der Waals surface area contributed by atoms with Gasteiger partial charge in [0, 0.05) is 43.9 Å². The van der Waals surface area contributed by atoms with E-state index in [1.165, 1.54) is 29.8 Å². The number of fused-ring (bicyclic) bond motifs is 1. The summed E-state index contributed by atoms with van der Waals surface area (Å²) in [4.78, 5) is 17.6. The number of rotatable bonds is 3. The van der Waals surface area contributed by atoms with Crippen LogP contribution in [0.1, 0.15) is 43.7 Å². The second-order valence-electron chi connectivity index (χ2n) is 7.87. The van der Waals surface area contributed by atoms with Crippen LogP contribution < -0.4 is 9.80 Å². The molecule has 1 heterocycles. The van der Waals surface area contributed by atoms with Crippen molar-refractivity contribution in [2.24, 2.45) is 5.92 Å². The van der Waals surface area contributed by atoms with Crippen LogP contribution in [0, 0.1) is 5.92 Å². The molecule has 0 spiro atoms.